The monoisotopic (exact) mass is 339 g/mol. The van der Waals surface area contributed by atoms with Crippen LogP contribution in [0.1, 0.15) is 24.5 Å². The number of hydrogen-bond donors (Lipinski definition) is 1. The summed E-state index contributed by atoms with van der Waals surface area (Å²) in [6.07, 6.45) is 6.16. The predicted octanol–water partition coefficient (Wildman–Crippen LogP) is 4.57. The van der Waals surface area contributed by atoms with Crippen molar-refractivity contribution >= 4 is 23.7 Å². The number of hydrogen-bond acceptors (Lipinski definition) is 2. The normalized spacial score (nSPS) is 12.2. The van der Waals surface area contributed by atoms with Crippen molar-refractivity contribution in [1.29, 1.82) is 0 Å². The lowest BCUT2D eigenvalue weighted by atomic mass is 10.1. The average molecular weight is 340 g/mol. The minimum atomic E-state index is 0.119. The first kappa shape index (κ1) is 18.3. The number of rotatable bonds is 9. The molecule has 2 aromatic carbocycles. The van der Waals surface area contributed by atoms with Gasteiger partial charge in [0.1, 0.15) is 0 Å². The zero-order chi connectivity index (χ0) is 17.0. The fourth-order valence-corrected chi connectivity index (χ4v) is 3.00. The quantitative estimate of drug-likeness (QED) is 0.678. The van der Waals surface area contributed by atoms with E-state index in [2.05, 4.69) is 60.8 Å². The minimum Gasteiger partial charge on any atom is -0.353 e. The van der Waals surface area contributed by atoms with Crippen molar-refractivity contribution in [2.24, 2.45) is 0 Å². The number of aryl methyl sites for hydroxylation is 1. The molecule has 1 unspecified atom stereocenters. The van der Waals surface area contributed by atoms with Crippen molar-refractivity contribution in [1.82, 2.24) is 5.32 Å². The molecule has 2 rings (SSSR count). The fourth-order valence-electron chi connectivity index (χ4n) is 2.38. The Labute approximate surface area is 149 Å². The summed E-state index contributed by atoms with van der Waals surface area (Å²) in [5.74, 6) is 1.48. The summed E-state index contributed by atoms with van der Waals surface area (Å²) in [5.41, 5.74) is 2.51. The predicted molar refractivity (Wildman–Crippen MR) is 105 cm³/mol. The van der Waals surface area contributed by atoms with Crippen LogP contribution < -0.4 is 5.32 Å². The van der Waals surface area contributed by atoms with Crippen LogP contribution in [-0.4, -0.2) is 23.5 Å². The summed E-state index contributed by atoms with van der Waals surface area (Å²) in [6, 6.07) is 20.8. The van der Waals surface area contributed by atoms with Crippen LogP contribution in [0.15, 0.2) is 66.7 Å². The fraction of sp³-hybridized carbons (Fsp3) is 0.286. The Bertz CT molecular complexity index is 625. The number of thioether (sulfide) groups is 1. The van der Waals surface area contributed by atoms with Gasteiger partial charge in [0.15, 0.2) is 0 Å². The third-order valence-corrected chi connectivity index (χ3v) is 4.57. The Kier molecular flexibility index (Phi) is 8.19. The molecule has 0 aliphatic heterocycles. The molecule has 0 fully saturated rings. The Hall–Kier alpha value is -2.00. The number of amides is 1. The average Bonchev–Trinajstić information content (AvgIpc) is 2.61. The molecular weight excluding hydrogens is 314 g/mol. The van der Waals surface area contributed by atoms with Crippen LogP contribution in [0, 0.1) is 0 Å². The van der Waals surface area contributed by atoms with Crippen molar-refractivity contribution in [3.63, 3.8) is 0 Å². The first-order valence-corrected chi connectivity index (χ1v) is 9.52. The molecule has 0 aliphatic carbocycles. The molecule has 0 aliphatic rings. The summed E-state index contributed by atoms with van der Waals surface area (Å²) in [7, 11) is 0. The van der Waals surface area contributed by atoms with E-state index in [0.29, 0.717) is 5.75 Å². The molecule has 0 aromatic heterocycles. The van der Waals surface area contributed by atoms with Crippen molar-refractivity contribution < 1.29 is 4.79 Å². The Morgan fingerprint density at radius 1 is 1.08 bits per heavy atom. The highest BCUT2D eigenvalue weighted by atomic mass is 32.2. The van der Waals surface area contributed by atoms with Crippen LogP contribution in [0.5, 0.6) is 0 Å². The molecule has 0 bridgehead atoms. The number of nitrogens with one attached hydrogen (secondary N) is 1. The molecule has 3 heteroatoms. The van der Waals surface area contributed by atoms with E-state index in [1.807, 2.05) is 24.3 Å². The molecule has 126 valence electrons. The van der Waals surface area contributed by atoms with Gasteiger partial charge in [0, 0.05) is 11.8 Å². The van der Waals surface area contributed by atoms with Gasteiger partial charge >= 0.3 is 0 Å². The van der Waals surface area contributed by atoms with E-state index in [1.54, 1.807) is 11.8 Å². The third kappa shape index (κ3) is 7.51. The maximum atomic E-state index is 11.9. The lowest BCUT2D eigenvalue weighted by Gasteiger charge is -2.13. The molecule has 0 spiro atoms. The van der Waals surface area contributed by atoms with Crippen molar-refractivity contribution in [3.05, 3.63) is 77.9 Å². The van der Waals surface area contributed by atoms with E-state index in [1.165, 1.54) is 11.1 Å². The second kappa shape index (κ2) is 10.7. The number of carbonyl (C=O) groups excluding carboxylic acids is 1. The van der Waals surface area contributed by atoms with Gasteiger partial charge in [0.2, 0.25) is 5.91 Å². The maximum Gasteiger partial charge on any atom is 0.230 e. The van der Waals surface area contributed by atoms with Crippen molar-refractivity contribution in [3.8, 4) is 0 Å². The summed E-state index contributed by atoms with van der Waals surface area (Å²) < 4.78 is 0. The number of benzene rings is 2. The Morgan fingerprint density at radius 2 is 1.75 bits per heavy atom. The highest BCUT2D eigenvalue weighted by Crippen LogP contribution is 2.07. The third-order valence-electron chi connectivity index (χ3n) is 3.67. The molecule has 1 amide bonds. The van der Waals surface area contributed by atoms with Gasteiger partial charge in [-0.2, -0.15) is 0 Å². The van der Waals surface area contributed by atoms with Crippen LogP contribution in [0.2, 0.25) is 0 Å². The van der Waals surface area contributed by atoms with Gasteiger partial charge in [-0.05, 0) is 30.9 Å². The zero-order valence-corrected chi connectivity index (χ0v) is 15.0. The molecule has 1 N–H and O–H groups in total. The maximum absolute atomic E-state index is 11.9. The standard InChI is InChI=1S/C21H25NOS/c1-18(14-15-20-11-6-3-7-12-20)22-21(23)17-24-16-8-13-19-9-4-2-5-10-19/h2-13,18H,14-17H2,1H3,(H,22,23)/b13-8+. The second-order valence-corrected chi connectivity index (χ2v) is 6.85. The van der Waals surface area contributed by atoms with Gasteiger partial charge in [0.25, 0.3) is 0 Å². The van der Waals surface area contributed by atoms with E-state index in [-0.39, 0.29) is 11.9 Å². The lowest BCUT2D eigenvalue weighted by molar-refractivity contribution is -0.119. The molecule has 0 saturated heterocycles. The van der Waals surface area contributed by atoms with Gasteiger partial charge in [0.05, 0.1) is 5.75 Å². The van der Waals surface area contributed by atoms with Gasteiger partial charge in [-0.25, -0.2) is 0 Å². The summed E-state index contributed by atoms with van der Waals surface area (Å²) in [6.45, 7) is 2.07. The molecule has 2 aromatic rings. The first-order chi connectivity index (χ1) is 11.7. The lowest BCUT2D eigenvalue weighted by Crippen LogP contribution is -2.34. The highest BCUT2D eigenvalue weighted by molar-refractivity contribution is 8.00. The zero-order valence-electron chi connectivity index (χ0n) is 14.2. The van der Waals surface area contributed by atoms with Crippen LogP contribution in [0.3, 0.4) is 0 Å². The largest absolute Gasteiger partial charge is 0.353 e. The molecule has 2 nitrogen and oxygen atoms in total. The van der Waals surface area contributed by atoms with Crippen molar-refractivity contribution in [2.45, 2.75) is 25.8 Å². The Balaban J connectivity index is 1.58. The van der Waals surface area contributed by atoms with E-state index in [0.717, 1.165) is 18.6 Å². The van der Waals surface area contributed by atoms with Gasteiger partial charge in [-0.15, -0.1) is 11.8 Å². The number of carbonyl (C=O) groups is 1. The van der Waals surface area contributed by atoms with Gasteiger partial charge in [-0.3, -0.25) is 4.79 Å². The Morgan fingerprint density at radius 3 is 2.46 bits per heavy atom. The SMILES string of the molecule is CC(CCc1ccccc1)NC(=O)CSC/C=C/c1ccccc1. The molecule has 0 radical (unpaired) electrons. The summed E-state index contributed by atoms with van der Waals surface area (Å²) >= 11 is 1.64. The highest BCUT2D eigenvalue weighted by Gasteiger charge is 2.07. The van der Waals surface area contributed by atoms with Crippen LogP contribution in [0.25, 0.3) is 6.08 Å². The van der Waals surface area contributed by atoms with Crippen LogP contribution in [0.4, 0.5) is 0 Å². The molecular formula is C21H25NOS. The first-order valence-electron chi connectivity index (χ1n) is 8.36. The molecule has 0 saturated carbocycles. The van der Waals surface area contributed by atoms with Crippen molar-refractivity contribution in [2.75, 3.05) is 11.5 Å². The minimum absolute atomic E-state index is 0.119. The van der Waals surface area contributed by atoms with Crippen LogP contribution >= 0.6 is 11.8 Å². The summed E-state index contributed by atoms with van der Waals surface area (Å²) in [5, 5.41) is 3.07. The van der Waals surface area contributed by atoms with E-state index < -0.39 is 0 Å². The smallest absolute Gasteiger partial charge is 0.230 e. The van der Waals surface area contributed by atoms with Gasteiger partial charge in [-0.1, -0.05) is 72.8 Å². The molecule has 24 heavy (non-hydrogen) atoms. The van der Waals surface area contributed by atoms with E-state index in [9.17, 15) is 4.79 Å². The van der Waals surface area contributed by atoms with Gasteiger partial charge < -0.3 is 5.32 Å². The topological polar surface area (TPSA) is 29.1 Å². The van der Waals surface area contributed by atoms with Crippen LogP contribution in [-0.2, 0) is 11.2 Å². The molecule has 1 atom stereocenters. The molecule has 0 heterocycles. The second-order valence-electron chi connectivity index (χ2n) is 5.82. The summed E-state index contributed by atoms with van der Waals surface area (Å²) in [4.78, 5) is 11.9. The van der Waals surface area contributed by atoms with E-state index >= 15 is 0 Å². The van der Waals surface area contributed by atoms with E-state index in [4.69, 9.17) is 0 Å².